The van der Waals surface area contributed by atoms with Crippen molar-refractivity contribution in [2.24, 2.45) is 0 Å². The molecule has 0 unspecified atom stereocenters. The van der Waals surface area contributed by atoms with Crippen molar-refractivity contribution in [3.05, 3.63) is 69.3 Å². The molecule has 0 spiro atoms. The Balaban J connectivity index is 2.67. The van der Waals surface area contributed by atoms with E-state index in [1.807, 2.05) is 36.4 Å². The maximum atomic E-state index is 11.3. The number of benzene rings is 2. The maximum Gasteiger partial charge on any atom is 0.318 e. The number of nitrogens with zero attached hydrogens (tertiary/aromatic N) is 3. The van der Waals surface area contributed by atoms with Crippen LogP contribution in [0.3, 0.4) is 0 Å². The third-order valence-corrected chi connectivity index (χ3v) is 5.15. The lowest BCUT2D eigenvalue weighted by molar-refractivity contribution is -0.394. The Labute approximate surface area is 166 Å². The Morgan fingerprint density at radius 1 is 0.963 bits per heavy atom. The average Bonchev–Trinajstić information content (AvgIpc) is 2.58. The Morgan fingerprint density at radius 2 is 1.56 bits per heavy atom. The van der Waals surface area contributed by atoms with Gasteiger partial charge in [-0.3, -0.25) is 30.3 Å². The van der Waals surface area contributed by atoms with E-state index in [0.29, 0.717) is 14.7 Å². The Hall–Kier alpha value is -2.83. The lowest BCUT2D eigenvalue weighted by Gasteiger charge is -2.17. The van der Waals surface area contributed by atoms with E-state index >= 15 is 0 Å². The third-order valence-electron chi connectivity index (χ3n) is 3.85. The van der Waals surface area contributed by atoms with Crippen LogP contribution in [0.2, 0.25) is 0 Å². The molecule has 0 aliphatic carbocycles. The number of hydrogen-bond acceptors (Lipinski definition) is 7. The van der Waals surface area contributed by atoms with E-state index in [2.05, 4.69) is 0 Å². The van der Waals surface area contributed by atoms with E-state index in [1.165, 1.54) is 6.07 Å². The van der Waals surface area contributed by atoms with Crippen LogP contribution in [0.25, 0.3) is 0 Å². The van der Waals surface area contributed by atoms with Gasteiger partial charge in [-0.05, 0) is 41.5 Å². The van der Waals surface area contributed by atoms with Crippen molar-refractivity contribution in [2.75, 3.05) is 0 Å². The van der Waals surface area contributed by atoms with E-state index in [-0.39, 0.29) is 23.1 Å². The zero-order chi connectivity index (χ0) is 20.5. The van der Waals surface area contributed by atoms with Gasteiger partial charge in [0, 0.05) is 23.3 Å². The first kappa shape index (κ1) is 20.5. The number of nitro groups is 3. The monoisotopic (exact) mass is 487 g/mol. The molecule has 27 heavy (non-hydrogen) atoms. The molecule has 2 aromatic rings. The molecule has 0 atom stereocenters. The second-order valence-electron chi connectivity index (χ2n) is 5.93. The normalized spacial score (nSPS) is 10.7. The van der Waals surface area contributed by atoms with E-state index in [0.717, 1.165) is 18.2 Å². The van der Waals surface area contributed by atoms with Gasteiger partial charge in [0.15, 0.2) is 0 Å². The SMILES string of the molecule is Cc1c([N+](=O)[O-])cc(C(C)C)c(Oc2ccc([N+](=O)[O-])cc2[N+](=O)[O-])c1I. The minimum absolute atomic E-state index is 0.0753. The molecular weight excluding hydrogens is 473 g/mol. The average molecular weight is 487 g/mol. The Bertz CT molecular complexity index is 960. The molecule has 0 radical (unpaired) electrons. The summed E-state index contributed by atoms with van der Waals surface area (Å²) in [5, 5.41) is 33.5. The molecule has 0 aliphatic heterocycles. The molecular formula is C16H14IN3O7. The topological polar surface area (TPSA) is 139 Å². The molecule has 0 bridgehead atoms. The summed E-state index contributed by atoms with van der Waals surface area (Å²) in [6, 6.07) is 4.44. The van der Waals surface area contributed by atoms with E-state index in [9.17, 15) is 30.3 Å². The van der Waals surface area contributed by atoms with Gasteiger partial charge < -0.3 is 4.74 Å². The largest absolute Gasteiger partial charge is 0.449 e. The first-order valence-electron chi connectivity index (χ1n) is 7.62. The molecule has 11 heteroatoms. The first-order chi connectivity index (χ1) is 12.5. The van der Waals surface area contributed by atoms with E-state index < -0.39 is 26.1 Å². The predicted octanol–water partition coefficient (Wildman–Crippen LogP) is 5.24. The van der Waals surface area contributed by atoms with Crippen LogP contribution in [0.4, 0.5) is 17.1 Å². The van der Waals surface area contributed by atoms with Gasteiger partial charge in [0.25, 0.3) is 11.4 Å². The van der Waals surface area contributed by atoms with Gasteiger partial charge in [0.2, 0.25) is 5.75 Å². The van der Waals surface area contributed by atoms with Gasteiger partial charge in [0.05, 0.1) is 24.4 Å². The van der Waals surface area contributed by atoms with Crippen LogP contribution in [0, 0.1) is 40.8 Å². The van der Waals surface area contributed by atoms with Gasteiger partial charge in [-0.2, -0.15) is 0 Å². The van der Waals surface area contributed by atoms with Crippen LogP contribution in [-0.4, -0.2) is 14.8 Å². The minimum atomic E-state index is -0.775. The molecule has 142 valence electrons. The number of non-ortho nitro benzene ring substituents is 1. The number of nitro benzene ring substituents is 3. The summed E-state index contributed by atoms with van der Waals surface area (Å²) in [7, 11) is 0. The first-order valence-corrected chi connectivity index (χ1v) is 8.70. The fourth-order valence-electron chi connectivity index (χ4n) is 2.41. The van der Waals surface area contributed by atoms with E-state index in [1.54, 1.807) is 6.92 Å². The second kappa shape index (κ2) is 7.82. The molecule has 0 N–H and O–H groups in total. The highest BCUT2D eigenvalue weighted by Crippen LogP contribution is 2.43. The molecule has 2 rings (SSSR count). The summed E-state index contributed by atoms with van der Waals surface area (Å²) in [6.45, 7) is 5.17. The maximum absolute atomic E-state index is 11.3. The summed E-state index contributed by atoms with van der Waals surface area (Å²) in [5.41, 5.74) is -0.207. The van der Waals surface area contributed by atoms with Crippen LogP contribution in [0.5, 0.6) is 11.5 Å². The summed E-state index contributed by atoms with van der Waals surface area (Å²) in [5.74, 6) is -0.0887. The number of rotatable bonds is 6. The molecule has 0 saturated carbocycles. The van der Waals surface area contributed by atoms with Gasteiger partial charge >= 0.3 is 5.69 Å². The fraction of sp³-hybridized carbons (Fsp3) is 0.250. The molecule has 0 aliphatic rings. The summed E-state index contributed by atoms with van der Waals surface area (Å²) >= 11 is 1.89. The Kier molecular flexibility index (Phi) is 5.93. The van der Waals surface area contributed by atoms with Crippen molar-refractivity contribution < 1.29 is 19.5 Å². The van der Waals surface area contributed by atoms with Gasteiger partial charge in [-0.25, -0.2) is 0 Å². The standard InChI is InChI=1S/C16H14IN3O7/c1-8(2)11-7-12(19(23)24)9(3)15(17)16(11)27-14-5-4-10(18(21)22)6-13(14)20(25)26/h4-8H,1-3H3. The minimum Gasteiger partial charge on any atom is -0.449 e. The van der Waals surface area contributed by atoms with Crippen molar-refractivity contribution in [2.45, 2.75) is 26.7 Å². The van der Waals surface area contributed by atoms with Crippen molar-refractivity contribution in [1.29, 1.82) is 0 Å². The lowest BCUT2D eigenvalue weighted by Crippen LogP contribution is -2.04. The summed E-state index contributed by atoms with van der Waals surface area (Å²) < 4.78 is 6.19. The third kappa shape index (κ3) is 4.13. The predicted molar refractivity (Wildman–Crippen MR) is 104 cm³/mol. The van der Waals surface area contributed by atoms with Crippen LogP contribution < -0.4 is 4.74 Å². The van der Waals surface area contributed by atoms with Crippen LogP contribution in [0.1, 0.15) is 30.9 Å². The lowest BCUT2D eigenvalue weighted by atomic mass is 9.99. The van der Waals surface area contributed by atoms with Crippen LogP contribution in [0.15, 0.2) is 24.3 Å². The number of halogens is 1. The van der Waals surface area contributed by atoms with Crippen LogP contribution in [-0.2, 0) is 0 Å². The van der Waals surface area contributed by atoms with Gasteiger partial charge in [0.1, 0.15) is 5.75 Å². The zero-order valence-corrected chi connectivity index (χ0v) is 16.6. The molecule has 0 amide bonds. The molecule has 0 heterocycles. The van der Waals surface area contributed by atoms with Crippen LogP contribution >= 0.6 is 22.6 Å². The molecule has 2 aromatic carbocycles. The highest BCUT2D eigenvalue weighted by Gasteiger charge is 2.27. The van der Waals surface area contributed by atoms with Crippen molar-refractivity contribution >= 4 is 39.7 Å². The van der Waals surface area contributed by atoms with Crippen molar-refractivity contribution in [3.8, 4) is 11.5 Å². The number of ether oxygens (including phenoxy) is 1. The summed E-state index contributed by atoms with van der Waals surface area (Å²) in [4.78, 5) is 31.4. The molecule has 0 saturated heterocycles. The highest BCUT2D eigenvalue weighted by atomic mass is 127. The summed E-state index contributed by atoms with van der Waals surface area (Å²) in [6.07, 6.45) is 0. The quantitative estimate of drug-likeness (QED) is 0.309. The smallest absolute Gasteiger partial charge is 0.318 e. The second-order valence-corrected chi connectivity index (χ2v) is 7.01. The van der Waals surface area contributed by atoms with Gasteiger partial charge in [-0.1, -0.05) is 13.8 Å². The van der Waals surface area contributed by atoms with Gasteiger partial charge in [-0.15, -0.1) is 0 Å². The van der Waals surface area contributed by atoms with E-state index in [4.69, 9.17) is 4.74 Å². The van der Waals surface area contributed by atoms with Crippen molar-refractivity contribution in [3.63, 3.8) is 0 Å². The number of hydrogen-bond donors (Lipinski definition) is 0. The molecule has 0 aromatic heterocycles. The fourth-order valence-corrected chi connectivity index (χ4v) is 3.11. The zero-order valence-electron chi connectivity index (χ0n) is 14.5. The highest BCUT2D eigenvalue weighted by molar-refractivity contribution is 14.1. The Morgan fingerprint density at radius 3 is 2.04 bits per heavy atom. The molecule has 10 nitrogen and oxygen atoms in total. The van der Waals surface area contributed by atoms with Crippen molar-refractivity contribution in [1.82, 2.24) is 0 Å². The molecule has 0 fully saturated rings.